The average Bonchev–Trinajstić information content (AvgIpc) is 3.68. The number of piperidine rings is 1. The number of fused-ring (bicyclic) bond motifs is 1. The van der Waals surface area contributed by atoms with Crippen molar-refractivity contribution in [2.45, 2.75) is 82.7 Å². The van der Waals surface area contributed by atoms with Crippen LogP contribution in [-0.4, -0.2) is 104 Å². The number of nitro groups is 1. The van der Waals surface area contributed by atoms with Gasteiger partial charge in [-0.1, -0.05) is 31.9 Å². The number of pyridine rings is 1. The second kappa shape index (κ2) is 15.6. The Balaban J connectivity index is 0.920. The molecule has 2 aromatic carbocycles. The fraction of sp³-hybridized carbons (Fsp3) is 0.522. The van der Waals surface area contributed by atoms with Crippen molar-refractivity contribution in [2.75, 3.05) is 69.6 Å². The van der Waals surface area contributed by atoms with Gasteiger partial charge in [0.15, 0.2) is 0 Å². The van der Waals surface area contributed by atoms with Crippen LogP contribution in [0.1, 0.15) is 82.5 Å². The SMILES string of the molecule is CN1CCC(F)(CNc2ccc(S(=O)(=O)NC(=O)c3ccc(N4CCN(CC5=C(C67CC(C)(C6)C7)CC(C)(C)CC5)CC4)cc3Oc3cnc4[nH]ccc4c3)cc2[N+](=O)[O-])CC1. The summed E-state index contributed by atoms with van der Waals surface area (Å²) in [6.45, 7) is 12.5. The smallest absolute Gasteiger partial charge is 0.293 e. The third kappa shape index (κ3) is 8.40. The Morgan fingerprint density at radius 1 is 0.984 bits per heavy atom. The number of aromatic amines is 1. The number of allylic oxidation sites excluding steroid dienone is 1. The van der Waals surface area contributed by atoms with Crippen LogP contribution in [0.5, 0.6) is 11.5 Å². The standard InChI is InChI=1S/C46H57FN8O6S/c1-43(2)11-9-32(37(24-43)45-27-44(3,28-45)29-45)26-53-17-19-54(20-18-53)33-5-7-36(40(22-33)61-34-21-31-10-14-48-41(31)49-25-34)42(56)51-62(59,60)35-6-8-38(39(23-35)55(57)58)50-30-46(47)12-15-52(4)16-13-46/h5-8,10,14,21-23,25,50H,9,11-13,15-20,24,26-30H2,1-4H3,(H,48,49)(H,51,56). The van der Waals surface area contributed by atoms with Gasteiger partial charge in [-0.2, -0.15) is 0 Å². The molecule has 62 heavy (non-hydrogen) atoms. The van der Waals surface area contributed by atoms with E-state index in [0.717, 1.165) is 55.9 Å². The van der Waals surface area contributed by atoms with Gasteiger partial charge in [-0.05, 0) is 111 Å². The van der Waals surface area contributed by atoms with E-state index in [9.17, 15) is 23.3 Å². The summed E-state index contributed by atoms with van der Waals surface area (Å²) in [6, 6.07) is 12.0. The van der Waals surface area contributed by atoms with Crippen LogP contribution in [0.4, 0.5) is 21.5 Å². The highest BCUT2D eigenvalue weighted by molar-refractivity contribution is 7.90. The van der Waals surface area contributed by atoms with E-state index in [-0.39, 0.29) is 36.4 Å². The quantitative estimate of drug-likeness (QED) is 0.0676. The van der Waals surface area contributed by atoms with Gasteiger partial charge < -0.3 is 24.8 Å². The minimum atomic E-state index is -4.62. The van der Waals surface area contributed by atoms with Crippen molar-refractivity contribution in [1.29, 1.82) is 0 Å². The van der Waals surface area contributed by atoms with E-state index >= 15 is 4.39 Å². The largest absolute Gasteiger partial charge is 0.455 e. The predicted molar refractivity (Wildman–Crippen MR) is 237 cm³/mol. The number of aromatic nitrogens is 2. The van der Waals surface area contributed by atoms with Gasteiger partial charge in [0.05, 0.1) is 21.6 Å². The summed E-state index contributed by atoms with van der Waals surface area (Å²) in [5, 5.41) is 15.7. The highest BCUT2D eigenvalue weighted by atomic mass is 32.2. The first-order chi connectivity index (χ1) is 29.4. The van der Waals surface area contributed by atoms with Gasteiger partial charge in [-0.15, -0.1) is 0 Å². The molecule has 6 aliphatic rings. The summed E-state index contributed by atoms with van der Waals surface area (Å²) in [7, 11) is -2.71. The zero-order chi connectivity index (χ0) is 43.7. The van der Waals surface area contributed by atoms with Crippen LogP contribution < -0.4 is 19.7 Å². The van der Waals surface area contributed by atoms with E-state index in [2.05, 4.69) is 50.6 Å². The molecule has 2 saturated heterocycles. The van der Waals surface area contributed by atoms with Gasteiger partial charge in [-0.25, -0.2) is 22.5 Å². The number of H-pyrrole nitrogens is 1. The molecule has 10 rings (SSSR count). The Bertz CT molecular complexity index is 2540. The highest BCUT2D eigenvalue weighted by Crippen LogP contribution is 2.77. The van der Waals surface area contributed by atoms with Crippen molar-refractivity contribution >= 4 is 44.0 Å². The van der Waals surface area contributed by atoms with Gasteiger partial charge in [0.2, 0.25) is 0 Å². The number of carbonyl (C=O) groups excluding carboxylic acids is 1. The van der Waals surface area contributed by atoms with Gasteiger partial charge in [0.25, 0.3) is 21.6 Å². The maximum atomic E-state index is 15.4. The normalized spacial score (nSPS) is 24.9. The van der Waals surface area contributed by atoms with Crippen molar-refractivity contribution in [3.8, 4) is 11.5 Å². The number of hydrogen-bond acceptors (Lipinski definition) is 11. The van der Waals surface area contributed by atoms with Crippen LogP contribution in [0.2, 0.25) is 0 Å². The molecule has 5 fully saturated rings. The average molecular weight is 869 g/mol. The monoisotopic (exact) mass is 868 g/mol. The molecule has 14 nitrogen and oxygen atoms in total. The Kier molecular flexibility index (Phi) is 10.7. The lowest BCUT2D eigenvalue weighted by atomic mass is 9.33. The number of anilines is 2. The second-order valence-corrected chi connectivity index (χ2v) is 21.5. The lowest BCUT2D eigenvalue weighted by Gasteiger charge is -2.72. The first-order valence-corrected chi connectivity index (χ1v) is 23.3. The number of sulfonamides is 1. The fourth-order valence-corrected chi connectivity index (χ4v) is 11.9. The zero-order valence-electron chi connectivity index (χ0n) is 36.1. The molecule has 330 valence electrons. The van der Waals surface area contributed by atoms with Crippen LogP contribution in [0.3, 0.4) is 0 Å². The lowest BCUT2D eigenvalue weighted by Crippen LogP contribution is -2.61. The van der Waals surface area contributed by atoms with Crippen molar-refractivity contribution in [1.82, 2.24) is 24.5 Å². The number of amides is 1. The van der Waals surface area contributed by atoms with E-state index in [1.165, 1.54) is 50.8 Å². The number of piperazine rings is 1. The van der Waals surface area contributed by atoms with Crippen LogP contribution in [0, 0.1) is 26.4 Å². The number of carbonyl (C=O) groups is 1. The number of alkyl halides is 1. The number of rotatable bonds is 13. The Hall–Kier alpha value is -5.06. The van der Waals surface area contributed by atoms with E-state index in [1.807, 2.05) is 18.0 Å². The van der Waals surface area contributed by atoms with Crippen LogP contribution in [-0.2, 0) is 10.0 Å². The Morgan fingerprint density at radius 2 is 1.73 bits per heavy atom. The molecule has 0 spiro atoms. The molecule has 0 radical (unpaired) electrons. The van der Waals surface area contributed by atoms with Crippen molar-refractivity contribution in [3.05, 3.63) is 87.7 Å². The number of nitrogens with zero attached hydrogens (tertiary/aromatic N) is 5. The number of nitro benzene ring substituents is 1. The van der Waals surface area contributed by atoms with Gasteiger partial charge >= 0.3 is 0 Å². The molecule has 1 amide bonds. The summed E-state index contributed by atoms with van der Waals surface area (Å²) < 4.78 is 51.3. The summed E-state index contributed by atoms with van der Waals surface area (Å²) in [5.74, 6) is -0.501. The second-order valence-electron chi connectivity index (χ2n) is 19.9. The first-order valence-electron chi connectivity index (χ1n) is 21.8. The first kappa shape index (κ1) is 42.3. The fourth-order valence-electron chi connectivity index (χ4n) is 10.9. The van der Waals surface area contributed by atoms with Crippen molar-refractivity contribution in [3.63, 3.8) is 0 Å². The van der Waals surface area contributed by atoms with E-state index in [0.29, 0.717) is 40.7 Å². The van der Waals surface area contributed by atoms with Gasteiger partial charge in [0.1, 0.15) is 28.5 Å². The molecule has 4 heterocycles. The number of likely N-dealkylation sites (tertiary alicyclic amines) is 1. The Morgan fingerprint density at radius 3 is 2.44 bits per heavy atom. The van der Waals surface area contributed by atoms with Crippen LogP contribution in [0.15, 0.2) is 77.0 Å². The van der Waals surface area contributed by atoms with Gasteiger partial charge in [-0.3, -0.25) is 19.8 Å². The zero-order valence-corrected chi connectivity index (χ0v) is 36.9. The Labute approximate surface area is 362 Å². The molecular weight excluding hydrogens is 812 g/mol. The molecule has 2 bridgehead atoms. The van der Waals surface area contributed by atoms with E-state index < -0.39 is 37.1 Å². The molecule has 0 atom stereocenters. The minimum absolute atomic E-state index is 0.0181. The molecular formula is C46H57FN8O6S. The number of nitrogens with one attached hydrogen (secondary N) is 3. The van der Waals surface area contributed by atoms with Crippen LogP contribution >= 0.6 is 0 Å². The van der Waals surface area contributed by atoms with Gasteiger partial charge in [0, 0.05) is 81.8 Å². The van der Waals surface area contributed by atoms with E-state index in [4.69, 9.17) is 4.74 Å². The lowest BCUT2D eigenvalue weighted by molar-refractivity contribution is -0.384. The third-order valence-corrected chi connectivity index (χ3v) is 15.6. The molecule has 3 N–H and O–H groups in total. The maximum Gasteiger partial charge on any atom is 0.293 e. The number of benzene rings is 2. The molecule has 0 unspecified atom stereocenters. The third-order valence-electron chi connectivity index (χ3n) is 14.3. The molecule has 3 saturated carbocycles. The number of hydrogen-bond donors (Lipinski definition) is 3. The minimum Gasteiger partial charge on any atom is -0.455 e. The molecule has 4 aliphatic carbocycles. The number of ether oxygens (including phenoxy) is 1. The topological polar surface area (TPSA) is 166 Å². The maximum absolute atomic E-state index is 15.4. The van der Waals surface area contributed by atoms with E-state index in [1.54, 1.807) is 41.6 Å². The molecule has 2 aliphatic heterocycles. The summed E-state index contributed by atoms with van der Waals surface area (Å²) in [4.78, 5) is 39.1. The van der Waals surface area contributed by atoms with Crippen molar-refractivity contribution in [2.24, 2.45) is 16.2 Å². The number of halogens is 1. The predicted octanol–water partition coefficient (Wildman–Crippen LogP) is 8.05. The summed E-state index contributed by atoms with van der Waals surface area (Å²) in [6.07, 6.45) is 11.4. The van der Waals surface area contributed by atoms with Crippen molar-refractivity contribution < 1.29 is 27.3 Å². The highest BCUT2D eigenvalue weighted by Gasteiger charge is 2.66. The summed E-state index contributed by atoms with van der Waals surface area (Å²) in [5.41, 5.74) is 4.08. The molecule has 16 heteroatoms. The van der Waals surface area contributed by atoms with Crippen LogP contribution in [0.25, 0.3) is 11.0 Å². The molecule has 2 aromatic heterocycles. The molecule has 4 aromatic rings. The summed E-state index contributed by atoms with van der Waals surface area (Å²) >= 11 is 0.